The van der Waals surface area contributed by atoms with Crippen molar-refractivity contribution < 1.29 is 4.79 Å². The number of rotatable bonds is 5. The van der Waals surface area contributed by atoms with Crippen molar-refractivity contribution >= 4 is 33.2 Å². The van der Waals surface area contributed by atoms with E-state index < -0.39 is 0 Å². The molecule has 1 heterocycles. The van der Waals surface area contributed by atoms with Crippen molar-refractivity contribution in [1.82, 2.24) is 4.98 Å². The first-order valence-electron chi connectivity index (χ1n) is 6.47. The van der Waals surface area contributed by atoms with Gasteiger partial charge in [0.1, 0.15) is 0 Å². The fourth-order valence-electron chi connectivity index (χ4n) is 1.81. The minimum absolute atomic E-state index is 0.185. The van der Waals surface area contributed by atoms with Gasteiger partial charge in [0, 0.05) is 29.1 Å². The van der Waals surface area contributed by atoms with Gasteiger partial charge in [0.05, 0.1) is 11.3 Å². The van der Waals surface area contributed by atoms with Crippen LogP contribution in [0, 0.1) is 6.92 Å². The van der Waals surface area contributed by atoms with Crippen LogP contribution in [-0.2, 0) is 0 Å². The van der Waals surface area contributed by atoms with Crippen LogP contribution in [0.2, 0.25) is 0 Å². The molecule has 0 radical (unpaired) electrons. The Hall–Kier alpha value is -2.14. The average molecular weight is 346 g/mol. The molecule has 0 bridgehead atoms. The zero-order chi connectivity index (χ0) is 15.2. The van der Waals surface area contributed by atoms with Gasteiger partial charge in [-0.2, -0.15) is 0 Å². The third kappa shape index (κ3) is 4.16. The Morgan fingerprint density at radius 2 is 2.19 bits per heavy atom. The Kier molecular flexibility index (Phi) is 5.11. The molecule has 5 heteroatoms. The summed E-state index contributed by atoms with van der Waals surface area (Å²) >= 11 is 3.40. The smallest absolute Gasteiger partial charge is 0.257 e. The lowest BCUT2D eigenvalue weighted by Gasteiger charge is -2.10. The van der Waals surface area contributed by atoms with Crippen molar-refractivity contribution in [3.8, 4) is 0 Å². The van der Waals surface area contributed by atoms with Crippen LogP contribution in [0.5, 0.6) is 0 Å². The number of nitrogens with zero attached hydrogens (tertiary/aromatic N) is 1. The number of carbonyl (C=O) groups excluding carboxylic acids is 1. The Labute approximate surface area is 132 Å². The number of halogens is 1. The van der Waals surface area contributed by atoms with Crippen LogP contribution >= 0.6 is 15.9 Å². The molecular weight excluding hydrogens is 330 g/mol. The summed E-state index contributed by atoms with van der Waals surface area (Å²) in [6.07, 6.45) is 4.96. The van der Waals surface area contributed by atoms with Gasteiger partial charge in [-0.1, -0.05) is 22.0 Å². The number of aromatic nitrogens is 1. The van der Waals surface area contributed by atoms with E-state index in [9.17, 15) is 4.79 Å². The summed E-state index contributed by atoms with van der Waals surface area (Å²) in [6.45, 7) is 6.21. The molecule has 0 atom stereocenters. The number of hydrogen-bond acceptors (Lipinski definition) is 3. The quantitative estimate of drug-likeness (QED) is 0.805. The molecule has 0 fully saturated rings. The minimum Gasteiger partial charge on any atom is -0.380 e. The van der Waals surface area contributed by atoms with E-state index >= 15 is 0 Å². The second-order valence-electron chi connectivity index (χ2n) is 4.55. The molecule has 0 unspecified atom stereocenters. The highest BCUT2D eigenvalue weighted by Crippen LogP contribution is 2.21. The first kappa shape index (κ1) is 15.3. The summed E-state index contributed by atoms with van der Waals surface area (Å²) < 4.78 is 0.982. The van der Waals surface area contributed by atoms with Gasteiger partial charge < -0.3 is 10.6 Å². The fraction of sp³-hybridized carbons (Fsp3) is 0.125. The van der Waals surface area contributed by atoms with Crippen molar-refractivity contribution in [2.45, 2.75) is 6.92 Å². The normalized spacial score (nSPS) is 10.0. The molecule has 2 rings (SSSR count). The lowest BCUT2D eigenvalue weighted by atomic mass is 10.2. The van der Waals surface area contributed by atoms with E-state index in [2.05, 4.69) is 38.1 Å². The number of amides is 1. The topological polar surface area (TPSA) is 54.0 Å². The lowest BCUT2D eigenvalue weighted by molar-refractivity contribution is 0.102. The van der Waals surface area contributed by atoms with Gasteiger partial charge in [0.25, 0.3) is 5.91 Å². The third-order valence-electron chi connectivity index (χ3n) is 2.89. The number of aryl methyl sites for hydroxylation is 1. The summed E-state index contributed by atoms with van der Waals surface area (Å²) in [5.74, 6) is -0.185. The Morgan fingerprint density at radius 3 is 2.90 bits per heavy atom. The zero-order valence-electron chi connectivity index (χ0n) is 11.7. The molecule has 0 aliphatic heterocycles. The van der Waals surface area contributed by atoms with Crippen LogP contribution in [0.15, 0.2) is 53.8 Å². The largest absolute Gasteiger partial charge is 0.380 e. The second kappa shape index (κ2) is 7.04. The summed E-state index contributed by atoms with van der Waals surface area (Å²) in [5.41, 5.74) is 3.07. The van der Waals surface area contributed by atoms with Gasteiger partial charge in [-0.15, -0.1) is 6.58 Å². The molecule has 2 aromatic rings. The number of anilines is 2. The Balaban J connectivity index is 2.14. The first-order chi connectivity index (χ1) is 10.1. The van der Waals surface area contributed by atoms with Crippen LogP contribution in [0.4, 0.5) is 11.4 Å². The predicted octanol–water partition coefficient (Wildman–Crippen LogP) is 4.00. The van der Waals surface area contributed by atoms with E-state index in [4.69, 9.17) is 0 Å². The van der Waals surface area contributed by atoms with Crippen LogP contribution < -0.4 is 10.6 Å². The van der Waals surface area contributed by atoms with E-state index in [1.807, 2.05) is 25.1 Å². The van der Waals surface area contributed by atoms with Crippen LogP contribution in [0.25, 0.3) is 0 Å². The summed E-state index contributed by atoms with van der Waals surface area (Å²) in [4.78, 5) is 16.3. The highest BCUT2D eigenvalue weighted by Gasteiger charge is 2.09. The van der Waals surface area contributed by atoms with Crippen LogP contribution in [0.3, 0.4) is 0 Å². The summed E-state index contributed by atoms with van der Waals surface area (Å²) in [5, 5.41) is 5.99. The molecule has 4 nitrogen and oxygen atoms in total. The maximum Gasteiger partial charge on any atom is 0.257 e. The number of pyridine rings is 1. The van der Waals surface area contributed by atoms with Gasteiger partial charge >= 0.3 is 0 Å². The number of carbonyl (C=O) groups is 1. The molecule has 0 saturated heterocycles. The van der Waals surface area contributed by atoms with Gasteiger partial charge in [0.15, 0.2) is 0 Å². The molecule has 0 aliphatic rings. The highest BCUT2D eigenvalue weighted by atomic mass is 79.9. The number of benzene rings is 1. The molecule has 1 aromatic carbocycles. The first-order valence-corrected chi connectivity index (χ1v) is 7.27. The van der Waals surface area contributed by atoms with Crippen molar-refractivity contribution in [3.05, 3.63) is 64.9 Å². The van der Waals surface area contributed by atoms with Crippen molar-refractivity contribution in [2.75, 3.05) is 17.2 Å². The molecule has 2 N–H and O–H groups in total. The average Bonchev–Trinajstić information content (AvgIpc) is 2.48. The standard InChI is InChI=1S/C16H16BrN3O/c1-3-6-19-14-8-12(9-18-10-14)16(21)20-15-5-4-13(17)7-11(15)2/h3-5,7-10,19H,1,6H2,2H3,(H,20,21). The maximum absolute atomic E-state index is 12.3. The molecule has 108 valence electrons. The van der Waals surface area contributed by atoms with Crippen LogP contribution in [0.1, 0.15) is 15.9 Å². The zero-order valence-corrected chi connectivity index (χ0v) is 13.3. The number of hydrogen-bond donors (Lipinski definition) is 2. The summed E-state index contributed by atoms with van der Waals surface area (Å²) in [6, 6.07) is 7.48. The van der Waals surface area contributed by atoms with Gasteiger partial charge in [0.2, 0.25) is 0 Å². The molecule has 0 spiro atoms. The predicted molar refractivity (Wildman–Crippen MR) is 89.8 cm³/mol. The highest BCUT2D eigenvalue weighted by molar-refractivity contribution is 9.10. The summed E-state index contributed by atoms with van der Waals surface area (Å²) in [7, 11) is 0. The van der Waals surface area contributed by atoms with Crippen molar-refractivity contribution in [3.63, 3.8) is 0 Å². The molecule has 1 aromatic heterocycles. The fourth-order valence-corrected chi connectivity index (χ4v) is 2.29. The Morgan fingerprint density at radius 1 is 1.38 bits per heavy atom. The van der Waals surface area contributed by atoms with E-state index in [-0.39, 0.29) is 5.91 Å². The van der Waals surface area contributed by atoms with Gasteiger partial charge in [-0.3, -0.25) is 9.78 Å². The molecule has 21 heavy (non-hydrogen) atoms. The van der Waals surface area contributed by atoms with E-state index in [0.717, 1.165) is 21.4 Å². The molecule has 1 amide bonds. The number of nitrogens with one attached hydrogen (secondary N) is 2. The van der Waals surface area contributed by atoms with E-state index in [1.165, 1.54) is 0 Å². The molecular formula is C16H16BrN3O. The second-order valence-corrected chi connectivity index (χ2v) is 5.46. The SMILES string of the molecule is C=CCNc1cncc(C(=O)Nc2ccc(Br)cc2C)c1. The minimum atomic E-state index is -0.185. The maximum atomic E-state index is 12.3. The third-order valence-corrected chi connectivity index (χ3v) is 3.38. The Bertz CT molecular complexity index is 670. The monoisotopic (exact) mass is 345 g/mol. The van der Waals surface area contributed by atoms with E-state index in [1.54, 1.807) is 24.5 Å². The van der Waals surface area contributed by atoms with Crippen molar-refractivity contribution in [1.29, 1.82) is 0 Å². The van der Waals surface area contributed by atoms with Crippen LogP contribution in [-0.4, -0.2) is 17.4 Å². The van der Waals surface area contributed by atoms with Gasteiger partial charge in [-0.05, 0) is 36.8 Å². The molecule has 0 aliphatic carbocycles. The van der Waals surface area contributed by atoms with E-state index in [0.29, 0.717) is 12.1 Å². The van der Waals surface area contributed by atoms with Crippen molar-refractivity contribution in [2.24, 2.45) is 0 Å². The lowest BCUT2D eigenvalue weighted by Crippen LogP contribution is -2.13. The molecule has 0 saturated carbocycles. The van der Waals surface area contributed by atoms with Gasteiger partial charge in [-0.25, -0.2) is 0 Å².